The molecule has 0 bridgehead atoms. The first kappa shape index (κ1) is 17.2. The van der Waals surface area contributed by atoms with Crippen molar-refractivity contribution in [1.29, 1.82) is 0 Å². The second-order valence-corrected chi connectivity index (χ2v) is 6.96. The number of hydrogen-bond donors (Lipinski definition) is 1. The van der Waals surface area contributed by atoms with E-state index in [0.717, 1.165) is 11.3 Å². The number of rotatable bonds is 5. The normalized spacial score (nSPS) is 13.3. The molecular formula is C18H24N2O3. The lowest BCUT2D eigenvalue weighted by atomic mass is 9.86. The van der Waals surface area contributed by atoms with Gasteiger partial charge in [0.05, 0.1) is 12.2 Å². The molecule has 0 amide bonds. The van der Waals surface area contributed by atoms with Crippen LogP contribution in [0.1, 0.15) is 49.4 Å². The van der Waals surface area contributed by atoms with E-state index in [1.165, 1.54) is 5.56 Å². The summed E-state index contributed by atoms with van der Waals surface area (Å²) in [5.74, 6) is -0.227. The zero-order chi connectivity index (χ0) is 17.2. The standard InChI is InChI=1S/C18H24N2O3/c1-12-10-15(23-19-12)11-20(5)16(17(21)22)13-6-8-14(9-7-13)18(2,3)4/h6-10,16H,11H2,1-5H3,(H,21,22)/t16-/m1/s1. The van der Waals surface area contributed by atoms with Crippen LogP contribution in [0.5, 0.6) is 0 Å². The minimum atomic E-state index is -0.882. The lowest BCUT2D eigenvalue weighted by Gasteiger charge is -2.25. The molecule has 0 aliphatic rings. The van der Waals surface area contributed by atoms with Gasteiger partial charge in [0.2, 0.25) is 0 Å². The molecule has 0 aliphatic heterocycles. The van der Waals surface area contributed by atoms with Gasteiger partial charge >= 0.3 is 5.97 Å². The van der Waals surface area contributed by atoms with Crippen molar-refractivity contribution in [1.82, 2.24) is 10.1 Å². The highest BCUT2D eigenvalue weighted by molar-refractivity contribution is 5.75. The van der Waals surface area contributed by atoms with Gasteiger partial charge in [0.1, 0.15) is 6.04 Å². The Labute approximate surface area is 136 Å². The van der Waals surface area contributed by atoms with Crippen molar-refractivity contribution in [3.05, 3.63) is 52.9 Å². The van der Waals surface area contributed by atoms with E-state index in [0.29, 0.717) is 12.3 Å². The summed E-state index contributed by atoms with van der Waals surface area (Å²) in [6.07, 6.45) is 0. The summed E-state index contributed by atoms with van der Waals surface area (Å²) in [6.45, 7) is 8.63. The van der Waals surface area contributed by atoms with Crippen LogP contribution in [0.4, 0.5) is 0 Å². The summed E-state index contributed by atoms with van der Waals surface area (Å²) in [7, 11) is 1.77. The van der Waals surface area contributed by atoms with Gasteiger partial charge in [0.15, 0.2) is 5.76 Å². The zero-order valence-electron chi connectivity index (χ0n) is 14.3. The molecule has 2 rings (SSSR count). The number of carbonyl (C=O) groups is 1. The maximum atomic E-state index is 11.7. The van der Waals surface area contributed by atoms with Crippen molar-refractivity contribution in [3.8, 4) is 0 Å². The summed E-state index contributed by atoms with van der Waals surface area (Å²) in [4.78, 5) is 13.5. The van der Waals surface area contributed by atoms with Crippen molar-refractivity contribution in [2.75, 3.05) is 7.05 Å². The van der Waals surface area contributed by atoms with Crippen LogP contribution in [0, 0.1) is 6.92 Å². The Balaban J connectivity index is 2.22. The number of hydrogen-bond acceptors (Lipinski definition) is 4. The number of benzene rings is 1. The number of aromatic nitrogens is 1. The van der Waals surface area contributed by atoms with Gasteiger partial charge in [-0.05, 0) is 30.5 Å². The maximum Gasteiger partial charge on any atom is 0.325 e. The molecule has 0 unspecified atom stereocenters. The molecule has 5 nitrogen and oxygen atoms in total. The van der Waals surface area contributed by atoms with Crippen LogP contribution in [-0.2, 0) is 16.8 Å². The quantitative estimate of drug-likeness (QED) is 0.914. The Morgan fingerprint density at radius 1 is 1.30 bits per heavy atom. The monoisotopic (exact) mass is 316 g/mol. The van der Waals surface area contributed by atoms with Gasteiger partial charge in [-0.15, -0.1) is 0 Å². The van der Waals surface area contributed by atoms with E-state index in [2.05, 4.69) is 25.9 Å². The van der Waals surface area contributed by atoms with Gasteiger partial charge < -0.3 is 9.63 Å². The minimum Gasteiger partial charge on any atom is -0.480 e. The molecule has 1 aromatic heterocycles. The largest absolute Gasteiger partial charge is 0.480 e. The van der Waals surface area contributed by atoms with Crippen LogP contribution in [0.3, 0.4) is 0 Å². The Morgan fingerprint density at radius 3 is 2.35 bits per heavy atom. The number of carboxylic acid groups (broad SMARTS) is 1. The lowest BCUT2D eigenvalue weighted by Crippen LogP contribution is -2.30. The van der Waals surface area contributed by atoms with Crippen LogP contribution in [0.2, 0.25) is 0 Å². The highest BCUT2D eigenvalue weighted by Crippen LogP contribution is 2.26. The smallest absolute Gasteiger partial charge is 0.325 e. The van der Waals surface area contributed by atoms with Gasteiger partial charge in [0, 0.05) is 6.07 Å². The number of nitrogens with zero attached hydrogens (tertiary/aromatic N) is 2. The summed E-state index contributed by atoms with van der Waals surface area (Å²) in [5, 5.41) is 13.5. The van der Waals surface area contributed by atoms with E-state index in [1.54, 1.807) is 11.9 Å². The molecule has 124 valence electrons. The van der Waals surface area contributed by atoms with Crippen LogP contribution >= 0.6 is 0 Å². The average molecular weight is 316 g/mol. The third-order valence-corrected chi connectivity index (χ3v) is 3.85. The van der Waals surface area contributed by atoms with E-state index < -0.39 is 12.0 Å². The number of carboxylic acids is 1. The number of likely N-dealkylation sites (N-methyl/N-ethyl adjacent to an activating group) is 1. The van der Waals surface area contributed by atoms with Crippen LogP contribution in [0.15, 0.2) is 34.9 Å². The minimum absolute atomic E-state index is 0.0422. The molecule has 1 aromatic carbocycles. The fourth-order valence-corrected chi connectivity index (χ4v) is 2.58. The van der Waals surface area contributed by atoms with E-state index in [-0.39, 0.29) is 5.41 Å². The molecule has 1 heterocycles. The fourth-order valence-electron chi connectivity index (χ4n) is 2.58. The average Bonchev–Trinajstić information content (AvgIpc) is 2.83. The molecule has 1 atom stereocenters. The maximum absolute atomic E-state index is 11.7. The molecular weight excluding hydrogens is 292 g/mol. The molecule has 0 saturated carbocycles. The Morgan fingerprint density at radius 2 is 1.91 bits per heavy atom. The number of aliphatic carboxylic acids is 1. The topological polar surface area (TPSA) is 66.6 Å². The van der Waals surface area contributed by atoms with Crippen LogP contribution in [0.25, 0.3) is 0 Å². The molecule has 0 saturated heterocycles. The van der Waals surface area contributed by atoms with E-state index >= 15 is 0 Å². The lowest BCUT2D eigenvalue weighted by molar-refractivity contribution is -0.143. The third kappa shape index (κ3) is 4.20. The predicted molar refractivity (Wildman–Crippen MR) is 88.2 cm³/mol. The highest BCUT2D eigenvalue weighted by Gasteiger charge is 2.26. The van der Waals surface area contributed by atoms with Gasteiger partial charge in [-0.2, -0.15) is 0 Å². The fraction of sp³-hybridized carbons (Fsp3) is 0.444. The van der Waals surface area contributed by atoms with E-state index in [4.69, 9.17) is 4.52 Å². The Hall–Kier alpha value is -2.14. The Bertz CT molecular complexity index is 668. The van der Waals surface area contributed by atoms with Crippen LogP contribution in [-0.4, -0.2) is 28.2 Å². The summed E-state index contributed by atoms with van der Waals surface area (Å²) < 4.78 is 5.18. The van der Waals surface area contributed by atoms with Crippen LogP contribution < -0.4 is 0 Å². The van der Waals surface area contributed by atoms with Gasteiger partial charge in [-0.3, -0.25) is 9.69 Å². The van der Waals surface area contributed by atoms with Gasteiger partial charge in [-0.25, -0.2) is 0 Å². The Kier molecular flexibility index (Phi) is 4.90. The van der Waals surface area contributed by atoms with Crippen molar-refractivity contribution in [3.63, 3.8) is 0 Å². The first-order chi connectivity index (χ1) is 10.7. The second-order valence-electron chi connectivity index (χ2n) is 6.96. The molecule has 0 radical (unpaired) electrons. The second kappa shape index (κ2) is 6.54. The van der Waals surface area contributed by atoms with Gasteiger partial charge in [0.25, 0.3) is 0 Å². The SMILES string of the molecule is Cc1cc(CN(C)[C@@H](C(=O)O)c2ccc(C(C)(C)C)cc2)on1. The molecule has 0 aliphatic carbocycles. The van der Waals surface area contributed by atoms with Crippen molar-refractivity contribution in [2.24, 2.45) is 0 Å². The van der Waals surface area contributed by atoms with Crippen molar-refractivity contribution < 1.29 is 14.4 Å². The predicted octanol–water partition coefficient (Wildman–Crippen LogP) is 3.54. The molecule has 23 heavy (non-hydrogen) atoms. The molecule has 0 fully saturated rings. The first-order valence-corrected chi connectivity index (χ1v) is 7.64. The van der Waals surface area contributed by atoms with E-state index in [9.17, 15) is 9.90 Å². The zero-order valence-corrected chi connectivity index (χ0v) is 14.3. The molecule has 1 N–H and O–H groups in total. The molecule has 2 aromatic rings. The molecule has 0 spiro atoms. The van der Waals surface area contributed by atoms with Gasteiger partial charge in [-0.1, -0.05) is 50.2 Å². The summed E-state index contributed by atoms with van der Waals surface area (Å²) in [5.41, 5.74) is 2.76. The summed E-state index contributed by atoms with van der Waals surface area (Å²) in [6, 6.07) is 8.87. The highest BCUT2D eigenvalue weighted by atomic mass is 16.5. The summed E-state index contributed by atoms with van der Waals surface area (Å²) >= 11 is 0. The van der Waals surface area contributed by atoms with E-state index in [1.807, 2.05) is 37.3 Å². The number of aryl methyl sites for hydroxylation is 1. The first-order valence-electron chi connectivity index (χ1n) is 7.64. The molecule has 5 heteroatoms. The van der Waals surface area contributed by atoms with Crippen molar-refractivity contribution >= 4 is 5.97 Å². The van der Waals surface area contributed by atoms with Crippen molar-refractivity contribution in [2.45, 2.75) is 45.7 Å². The third-order valence-electron chi connectivity index (χ3n) is 3.85.